The zero-order chi connectivity index (χ0) is 13.1. The summed E-state index contributed by atoms with van der Waals surface area (Å²) in [7, 11) is 0. The molecule has 0 aromatic heterocycles. The van der Waals surface area contributed by atoms with E-state index in [1.807, 2.05) is 0 Å². The van der Waals surface area contributed by atoms with Gasteiger partial charge in [-0.3, -0.25) is 0 Å². The van der Waals surface area contributed by atoms with Gasteiger partial charge in [0.25, 0.3) is 0 Å². The molecule has 0 aromatic rings. The van der Waals surface area contributed by atoms with Gasteiger partial charge in [-0.05, 0) is 0 Å². The first-order chi connectivity index (χ1) is 8.71. The van der Waals surface area contributed by atoms with Crippen molar-refractivity contribution in [3.8, 4) is 0 Å². The summed E-state index contributed by atoms with van der Waals surface area (Å²) in [6.45, 7) is 10.5. The third-order valence-corrected chi connectivity index (χ3v) is 2.47. The Morgan fingerprint density at radius 2 is 0.778 bits per heavy atom. The van der Waals surface area contributed by atoms with Crippen molar-refractivity contribution in [3.05, 3.63) is 0 Å². The quantitative estimate of drug-likeness (QED) is 0.654. The highest BCUT2D eigenvalue weighted by Crippen LogP contribution is 2.15. The SMILES string of the molecule is CC1(C)COCCOCCOCCOCCOC1. The van der Waals surface area contributed by atoms with E-state index in [4.69, 9.17) is 23.7 Å². The van der Waals surface area contributed by atoms with E-state index in [1.165, 1.54) is 0 Å². The second-order valence-corrected chi connectivity index (χ2v) is 5.11. The van der Waals surface area contributed by atoms with Crippen LogP contribution in [-0.2, 0) is 23.7 Å². The summed E-state index contributed by atoms with van der Waals surface area (Å²) >= 11 is 0. The fourth-order valence-corrected chi connectivity index (χ4v) is 1.52. The molecule has 1 fully saturated rings. The third-order valence-electron chi connectivity index (χ3n) is 2.47. The van der Waals surface area contributed by atoms with Crippen LogP contribution in [0.25, 0.3) is 0 Å². The topological polar surface area (TPSA) is 46.2 Å². The van der Waals surface area contributed by atoms with Gasteiger partial charge in [0.1, 0.15) is 0 Å². The summed E-state index contributed by atoms with van der Waals surface area (Å²) in [5.74, 6) is 0. The molecule has 1 aliphatic heterocycles. The first-order valence-electron chi connectivity index (χ1n) is 6.59. The minimum absolute atomic E-state index is 0.0280. The van der Waals surface area contributed by atoms with Crippen molar-refractivity contribution in [2.45, 2.75) is 13.8 Å². The van der Waals surface area contributed by atoms with Crippen molar-refractivity contribution in [3.63, 3.8) is 0 Å². The predicted octanol–water partition coefficient (Wildman–Crippen LogP) is 1.11. The first kappa shape index (κ1) is 15.9. The Bertz CT molecular complexity index is 178. The van der Waals surface area contributed by atoms with Gasteiger partial charge in [0, 0.05) is 5.41 Å². The highest BCUT2D eigenvalue weighted by molar-refractivity contribution is 4.66. The first-order valence-corrected chi connectivity index (χ1v) is 6.59. The van der Waals surface area contributed by atoms with E-state index in [-0.39, 0.29) is 5.41 Å². The second kappa shape index (κ2) is 9.69. The number of hydrogen-bond acceptors (Lipinski definition) is 5. The summed E-state index contributed by atoms with van der Waals surface area (Å²) in [6, 6.07) is 0. The molecule has 1 rings (SSSR count). The molecule has 108 valence electrons. The van der Waals surface area contributed by atoms with E-state index < -0.39 is 0 Å². The highest BCUT2D eigenvalue weighted by atomic mass is 16.6. The van der Waals surface area contributed by atoms with Gasteiger partial charge in [-0.15, -0.1) is 0 Å². The predicted molar refractivity (Wildman–Crippen MR) is 67.9 cm³/mol. The smallest absolute Gasteiger partial charge is 0.0701 e. The van der Waals surface area contributed by atoms with Crippen LogP contribution in [0.15, 0.2) is 0 Å². The van der Waals surface area contributed by atoms with E-state index >= 15 is 0 Å². The number of ether oxygens (including phenoxy) is 5. The van der Waals surface area contributed by atoms with Gasteiger partial charge in [-0.1, -0.05) is 13.8 Å². The molecule has 1 aliphatic rings. The van der Waals surface area contributed by atoms with Crippen LogP contribution >= 0.6 is 0 Å². The minimum atomic E-state index is 0.0280. The molecule has 18 heavy (non-hydrogen) atoms. The fourth-order valence-electron chi connectivity index (χ4n) is 1.52. The molecule has 0 saturated carbocycles. The Kier molecular flexibility index (Phi) is 8.54. The molecule has 1 saturated heterocycles. The fraction of sp³-hybridized carbons (Fsp3) is 1.00. The van der Waals surface area contributed by atoms with Crippen LogP contribution in [0.3, 0.4) is 0 Å². The molecule has 0 amide bonds. The van der Waals surface area contributed by atoms with Crippen molar-refractivity contribution in [1.82, 2.24) is 0 Å². The van der Waals surface area contributed by atoms with Crippen LogP contribution in [0.5, 0.6) is 0 Å². The molecule has 0 radical (unpaired) electrons. The van der Waals surface area contributed by atoms with Gasteiger partial charge in [0.2, 0.25) is 0 Å². The summed E-state index contributed by atoms with van der Waals surface area (Å²) in [5, 5.41) is 0. The lowest BCUT2D eigenvalue weighted by atomic mass is 9.96. The van der Waals surface area contributed by atoms with Crippen LogP contribution < -0.4 is 0 Å². The lowest BCUT2D eigenvalue weighted by Crippen LogP contribution is -2.27. The van der Waals surface area contributed by atoms with E-state index in [9.17, 15) is 0 Å². The van der Waals surface area contributed by atoms with E-state index in [0.717, 1.165) is 0 Å². The number of rotatable bonds is 0. The van der Waals surface area contributed by atoms with Crippen molar-refractivity contribution in [1.29, 1.82) is 0 Å². The van der Waals surface area contributed by atoms with Crippen LogP contribution in [0, 0.1) is 5.41 Å². The summed E-state index contributed by atoms with van der Waals surface area (Å²) in [4.78, 5) is 0. The van der Waals surface area contributed by atoms with E-state index in [0.29, 0.717) is 66.1 Å². The summed E-state index contributed by atoms with van der Waals surface area (Å²) < 4.78 is 27.2. The Labute approximate surface area is 110 Å². The molecule has 1 heterocycles. The minimum Gasteiger partial charge on any atom is -0.378 e. The Morgan fingerprint density at radius 1 is 0.500 bits per heavy atom. The van der Waals surface area contributed by atoms with Crippen molar-refractivity contribution in [2.24, 2.45) is 5.41 Å². The molecule has 0 aromatic carbocycles. The lowest BCUT2D eigenvalue weighted by Gasteiger charge is -2.24. The standard InChI is InChI=1S/C13H26O5/c1-13(2)11-17-9-7-15-5-3-14-4-6-16-8-10-18-12-13/h3-12H2,1-2H3. The van der Waals surface area contributed by atoms with Crippen LogP contribution in [0.4, 0.5) is 0 Å². The zero-order valence-electron chi connectivity index (χ0n) is 11.6. The summed E-state index contributed by atoms with van der Waals surface area (Å²) in [6.07, 6.45) is 0. The van der Waals surface area contributed by atoms with E-state index in [2.05, 4.69) is 13.8 Å². The average Bonchev–Trinajstić information content (AvgIpc) is 2.32. The van der Waals surface area contributed by atoms with Gasteiger partial charge < -0.3 is 23.7 Å². The maximum absolute atomic E-state index is 5.57. The Morgan fingerprint density at radius 3 is 1.11 bits per heavy atom. The van der Waals surface area contributed by atoms with Crippen molar-refractivity contribution >= 4 is 0 Å². The van der Waals surface area contributed by atoms with Crippen LogP contribution in [-0.4, -0.2) is 66.1 Å². The third kappa shape index (κ3) is 8.83. The molecule has 0 aliphatic carbocycles. The van der Waals surface area contributed by atoms with E-state index in [1.54, 1.807) is 0 Å². The molecule has 0 bridgehead atoms. The van der Waals surface area contributed by atoms with Gasteiger partial charge >= 0.3 is 0 Å². The normalized spacial score (nSPS) is 25.7. The Hall–Kier alpha value is -0.200. The van der Waals surface area contributed by atoms with Gasteiger partial charge in [0.05, 0.1) is 66.1 Å². The van der Waals surface area contributed by atoms with Gasteiger partial charge in [-0.2, -0.15) is 0 Å². The molecule has 5 nitrogen and oxygen atoms in total. The average molecular weight is 262 g/mol. The maximum Gasteiger partial charge on any atom is 0.0701 e. The van der Waals surface area contributed by atoms with Crippen LogP contribution in [0.1, 0.15) is 13.8 Å². The molecule has 0 N–H and O–H groups in total. The zero-order valence-corrected chi connectivity index (χ0v) is 11.6. The molecule has 0 unspecified atom stereocenters. The number of hydrogen-bond donors (Lipinski definition) is 0. The highest BCUT2D eigenvalue weighted by Gasteiger charge is 2.18. The summed E-state index contributed by atoms with van der Waals surface area (Å²) in [5.41, 5.74) is 0.0280. The molecular weight excluding hydrogens is 236 g/mol. The van der Waals surface area contributed by atoms with Crippen LogP contribution in [0.2, 0.25) is 0 Å². The molecule has 0 atom stereocenters. The maximum atomic E-state index is 5.57. The molecule has 0 spiro atoms. The van der Waals surface area contributed by atoms with Gasteiger partial charge in [0.15, 0.2) is 0 Å². The van der Waals surface area contributed by atoms with Gasteiger partial charge in [-0.25, -0.2) is 0 Å². The lowest BCUT2D eigenvalue weighted by molar-refractivity contribution is -0.0505. The Balaban J connectivity index is 2.20. The molecule has 5 heteroatoms. The van der Waals surface area contributed by atoms with Crippen molar-refractivity contribution < 1.29 is 23.7 Å². The monoisotopic (exact) mass is 262 g/mol. The van der Waals surface area contributed by atoms with Crippen molar-refractivity contribution in [2.75, 3.05) is 66.1 Å². The second-order valence-electron chi connectivity index (χ2n) is 5.11. The largest absolute Gasteiger partial charge is 0.378 e. The molecular formula is C13H26O5.